The Morgan fingerprint density at radius 3 is 2.67 bits per heavy atom. The molecule has 1 aromatic carbocycles. The Bertz CT molecular complexity index is 1090. The number of hydrogen-bond acceptors (Lipinski definition) is 6. The van der Waals surface area contributed by atoms with Crippen LogP contribution in [-0.2, 0) is 11.0 Å². The molecule has 0 saturated carbocycles. The van der Waals surface area contributed by atoms with Gasteiger partial charge in [0.15, 0.2) is 0 Å². The van der Waals surface area contributed by atoms with Gasteiger partial charge in [-0.2, -0.15) is 18.3 Å². The van der Waals surface area contributed by atoms with Gasteiger partial charge in [0.2, 0.25) is 5.91 Å². The van der Waals surface area contributed by atoms with Gasteiger partial charge >= 0.3 is 6.18 Å². The largest absolute Gasteiger partial charge is 0.417 e. The molecule has 2 aromatic heterocycles. The SMILES string of the molecule is O=C(CN1CCCN(c2ccc(C(F)(F)F)cn2)CC1)Nc1cc(Cl)ccc1-n1cncn1. The third-order valence-electron chi connectivity index (χ3n) is 5.25. The van der Waals surface area contributed by atoms with Crippen LogP contribution in [0.25, 0.3) is 5.69 Å². The Labute approximate surface area is 193 Å². The van der Waals surface area contributed by atoms with E-state index in [0.717, 1.165) is 18.7 Å². The van der Waals surface area contributed by atoms with Gasteiger partial charge in [-0.05, 0) is 36.8 Å². The summed E-state index contributed by atoms with van der Waals surface area (Å²) >= 11 is 6.10. The first-order chi connectivity index (χ1) is 15.8. The first kappa shape index (κ1) is 23.0. The van der Waals surface area contributed by atoms with Gasteiger partial charge in [0.25, 0.3) is 0 Å². The first-order valence-electron chi connectivity index (χ1n) is 10.2. The molecule has 0 atom stereocenters. The molecule has 174 valence electrons. The van der Waals surface area contributed by atoms with Crippen LogP contribution < -0.4 is 10.2 Å². The van der Waals surface area contributed by atoms with Crippen molar-refractivity contribution in [1.82, 2.24) is 24.6 Å². The van der Waals surface area contributed by atoms with E-state index in [-0.39, 0.29) is 12.5 Å². The molecular formula is C21H21ClF3N7O. The zero-order valence-corrected chi connectivity index (χ0v) is 18.2. The fraction of sp³-hybridized carbons (Fsp3) is 0.333. The minimum absolute atomic E-state index is 0.164. The van der Waals surface area contributed by atoms with Gasteiger partial charge in [0.05, 0.1) is 23.5 Å². The lowest BCUT2D eigenvalue weighted by Gasteiger charge is -2.23. The Kier molecular flexibility index (Phi) is 6.80. The number of alkyl halides is 3. The molecule has 8 nitrogen and oxygen atoms in total. The van der Waals surface area contributed by atoms with Crippen LogP contribution in [0.4, 0.5) is 24.7 Å². The highest BCUT2D eigenvalue weighted by Gasteiger charge is 2.31. The molecule has 1 aliphatic rings. The Morgan fingerprint density at radius 1 is 1.12 bits per heavy atom. The Morgan fingerprint density at radius 2 is 1.97 bits per heavy atom. The summed E-state index contributed by atoms with van der Waals surface area (Å²) in [7, 11) is 0. The van der Waals surface area contributed by atoms with E-state index in [1.165, 1.54) is 23.4 Å². The topological polar surface area (TPSA) is 79.2 Å². The fourth-order valence-electron chi connectivity index (χ4n) is 3.63. The zero-order chi connectivity index (χ0) is 23.4. The second-order valence-electron chi connectivity index (χ2n) is 7.57. The van der Waals surface area contributed by atoms with Gasteiger partial charge in [-0.3, -0.25) is 9.69 Å². The molecule has 12 heteroatoms. The number of aromatic nitrogens is 4. The minimum atomic E-state index is -4.41. The zero-order valence-electron chi connectivity index (χ0n) is 17.5. The summed E-state index contributed by atoms with van der Waals surface area (Å²) < 4.78 is 39.8. The smallest absolute Gasteiger partial charge is 0.355 e. The van der Waals surface area contributed by atoms with Gasteiger partial charge in [-0.15, -0.1) is 0 Å². The van der Waals surface area contributed by atoms with Gasteiger partial charge in [-0.25, -0.2) is 14.6 Å². The predicted octanol–water partition coefficient (Wildman–Crippen LogP) is 3.49. The number of benzene rings is 1. The number of hydrogen-bond donors (Lipinski definition) is 1. The normalized spacial score (nSPS) is 15.3. The van der Waals surface area contributed by atoms with Crippen LogP contribution in [0.15, 0.2) is 49.2 Å². The third-order valence-corrected chi connectivity index (χ3v) is 5.49. The molecule has 1 N–H and O–H groups in total. The molecule has 0 radical (unpaired) electrons. The third kappa shape index (κ3) is 5.79. The van der Waals surface area contributed by atoms with Gasteiger partial charge < -0.3 is 10.2 Å². The highest BCUT2D eigenvalue weighted by Crippen LogP contribution is 2.29. The van der Waals surface area contributed by atoms with Crippen molar-refractivity contribution in [3.8, 4) is 5.69 Å². The van der Waals surface area contributed by atoms with E-state index in [4.69, 9.17) is 11.6 Å². The number of amides is 1. The number of rotatable bonds is 5. The molecule has 0 bridgehead atoms. The standard InChI is InChI=1S/C21H21ClF3N7O/c22-16-3-4-18(32-14-26-13-28-32)17(10-16)29-20(33)12-30-6-1-7-31(9-8-30)19-5-2-15(11-27-19)21(23,24)25/h2-5,10-11,13-14H,1,6-9,12H2,(H,29,33). The summed E-state index contributed by atoms with van der Waals surface area (Å²) in [5.41, 5.74) is 0.384. The molecule has 0 unspecified atom stereocenters. The molecule has 1 amide bonds. The molecule has 0 aliphatic carbocycles. The van der Waals surface area contributed by atoms with Crippen molar-refractivity contribution in [3.63, 3.8) is 0 Å². The number of anilines is 2. The maximum absolute atomic E-state index is 12.8. The van der Waals surface area contributed by atoms with E-state index in [9.17, 15) is 18.0 Å². The quantitative estimate of drug-likeness (QED) is 0.603. The maximum Gasteiger partial charge on any atom is 0.417 e. The summed E-state index contributed by atoms with van der Waals surface area (Å²) in [6, 6.07) is 7.52. The van der Waals surface area contributed by atoms with Crippen LogP contribution in [0, 0.1) is 0 Å². The number of halogens is 4. The van der Waals surface area contributed by atoms with Crippen LogP contribution >= 0.6 is 11.6 Å². The summed E-state index contributed by atoms with van der Waals surface area (Å²) in [6.45, 7) is 2.60. The molecule has 0 spiro atoms. The summed E-state index contributed by atoms with van der Waals surface area (Å²) in [5, 5.41) is 7.46. The van der Waals surface area contributed by atoms with Gasteiger partial charge in [0, 0.05) is 37.4 Å². The average molecular weight is 480 g/mol. The molecule has 3 heterocycles. The maximum atomic E-state index is 12.8. The molecule has 3 aromatic rings. The number of nitrogens with one attached hydrogen (secondary N) is 1. The molecular weight excluding hydrogens is 459 g/mol. The summed E-state index contributed by atoms with van der Waals surface area (Å²) in [6.07, 6.45) is 0.109. The molecule has 1 fully saturated rings. The lowest BCUT2D eigenvalue weighted by atomic mass is 10.2. The van der Waals surface area contributed by atoms with Crippen LogP contribution in [0.1, 0.15) is 12.0 Å². The van der Waals surface area contributed by atoms with Crippen molar-refractivity contribution in [1.29, 1.82) is 0 Å². The van der Waals surface area contributed by atoms with E-state index in [1.807, 2.05) is 9.80 Å². The summed E-state index contributed by atoms with van der Waals surface area (Å²) in [5.74, 6) is 0.283. The Balaban J connectivity index is 1.36. The first-order valence-corrected chi connectivity index (χ1v) is 10.6. The van der Waals surface area contributed by atoms with E-state index >= 15 is 0 Å². The van der Waals surface area contributed by atoms with E-state index in [1.54, 1.807) is 18.2 Å². The second kappa shape index (κ2) is 9.75. The minimum Gasteiger partial charge on any atom is -0.355 e. The van der Waals surface area contributed by atoms with Crippen LogP contribution in [0.5, 0.6) is 0 Å². The van der Waals surface area contributed by atoms with E-state index in [2.05, 4.69) is 20.4 Å². The number of pyridine rings is 1. The molecule has 33 heavy (non-hydrogen) atoms. The monoisotopic (exact) mass is 479 g/mol. The Hall–Kier alpha value is -3.18. The van der Waals surface area contributed by atoms with Crippen molar-refractivity contribution in [3.05, 3.63) is 59.8 Å². The number of nitrogens with zero attached hydrogens (tertiary/aromatic N) is 6. The highest BCUT2D eigenvalue weighted by molar-refractivity contribution is 6.31. The fourth-order valence-corrected chi connectivity index (χ4v) is 3.80. The molecule has 1 aliphatic heterocycles. The number of carbonyl (C=O) groups excluding carboxylic acids is 1. The van der Waals surface area contributed by atoms with Crippen molar-refractivity contribution in [2.24, 2.45) is 0 Å². The molecule has 1 saturated heterocycles. The lowest BCUT2D eigenvalue weighted by molar-refractivity contribution is -0.137. The average Bonchev–Trinajstić information content (AvgIpc) is 3.20. The van der Waals surface area contributed by atoms with Crippen molar-refractivity contribution in [2.75, 3.05) is 42.9 Å². The van der Waals surface area contributed by atoms with Gasteiger partial charge in [0.1, 0.15) is 18.5 Å². The van der Waals surface area contributed by atoms with Crippen LogP contribution in [0.2, 0.25) is 5.02 Å². The van der Waals surface area contributed by atoms with Crippen molar-refractivity contribution in [2.45, 2.75) is 12.6 Å². The molecule has 4 rings (SSSR count). The van der Waals surface area contributed by atoms with Crippen LogP contribution in [0.3, 0.4) is 0 Å². The second-order valence-corrected chi connectivity index (χ2v) is 8.01. The van der Waals surface area contributed by atoms with E-state index in [0.29, 0.717) is 48.4 Å². The van der Waals surface area contributed by atoms with Gasteiger partial charge in [-0.1, -0.05) is 11.6 Å². The van der Waals surface area contributed by atoms with Crippen molar-refractivity contribution >= 4 is 29.0 Å². The van der Waals surface area contributed by atoms with E-state index < -0.39 is 11.7 Å². The lowest BCUT2D eigenvalue weighted by Crippen LogP contribution is -2.36. The highest BCUT2D eigenvalue weighted by atomic mass is 35.5. The number of carbonyl (C=O) groups is 1. The van der Waals surface area contributed by atoms with Crippen molar-refractivity contribution < 1.29 is 18.0 Å². The summed E-state index contributed by atoms with van der Waals surface area (Å²) in [4.78, 5) is 24.6. The predicted molar refractivity (Wildman–Crippen MR) is 118 cm³/mol. The van der Waals surface area contributed by atoms with Crippen LogP contribution in [-0.4, -0.2) is 63.3 Å².